The third-order valence-corrected chi connectivity index (χ3v) is 2.50. The van der Waals surface area contributed by atoms with E-state index in [2.05, 4.69) is 4.74 Å². The van der Waals surface area contributed by atoms with Gasteiger partial charge in [0.1, 0.15) is 0 Å². The summed E-state index contributed by atoms with van der Waals surface area (Å²) in [4.78, 5) is 40.6. The van der Waals surface area contributed by atoms with Gasteiger partial charge in [-0.1, -0.05) is 21.3 Å². The molecular weight excluding hydrogens is 276 g/mol. The minimum absolute atomic E-state index is 0. The highest BCUT2D eigenvalue weighted by Gasteiger charge is 2.37. The Bertz CT molecular complexity index is 353. The number of esters is 2. The topological polar surface area (TPSA) is 158 Å². The zero-order valence-corrected chi connectivity index (χ0v) is 10.1. The van der Waals surface area contributed by atoms with Gasteiger partial charge < -0.3 is 25.2 Å². The number of carboxylic acids is 2. The summed E-state index contributed by atoms with van der Waals surface area (Å²) in [6, 6.07) is 0. The summed E-state index contributed by atoms with van der Waals surface area (Å²) in [5.41, 5.74) is 0. The molecule has 0 bridgehead atoms. The van der Waals surface area contributed by atoms with Crippen molar-refractivity contribution in [3.63, 3.8) is 0 Å². The van der Waals surface area contributed by atoms with Crippen LogP contribution in [0.25, 0.3) is 0 Å². The molecule has 0 unspecified atom stereocenters. The standard InChI is InChI=1S/C6H8O3.C4H6O6.CH4/c1-3-4(2)6(8)9-5(3)7;5-1(3(7)8)2(6)4(9)10;/h3-4H,1-2H3;1-2,5-6H,(H,7,8)(H,9,10);1H4/t3-,4-;1-,2-;/m01./s1. The molecule has 9 heteroatoms. The van der Waals surface area contributed by atoms with Crippen LogP contribution in [0.2, 0.25) is 0 Å². The van der Waals surface area contributed by atoms with E-state index in [1.807, 2.05) is 0 Å². The Balaban J connectivity index is 0. The molecule has 0 radical (unpaired) electrons. The molecule has 0 saturated carbocycles. The molecule has 20 heavy (non-hydrogen) atoms. The predicted molar refractivity (Wildman–Crippen MR) is 63.4 cm³/mol. The van der Waals surface area contributed by atoms with E-state index >= 15 is 0 Å². The fraction of sp³-hybridized carbons (Fsp3) is 0.636. The number of hydrogen-bond acceptors (Lipinski definition) is 7. The molecule has 1 fully saturated rings. The van der Waals surface area contributed by atoms with Gasteiger partial charge in [0.2, 0.25) is 0 Å². The van der Waals surface area contributed by atoms with Crippen molar-refractivity contribution in [1.29, 1.82) is 0 Å². The average Bonchev–Trinajstić information content (AvgIpc) is 2.55. The molecule has 0 amide bonds. The summed E-state index contributed by atoms with van der Waals surface area (Å²) in [5, 5.41) is 32.5. The molecule has 1 saturated heterocycles. The van der Waals surface area contributed by atoms with Crippen molar-refractivity contribution >= 4 is 23.9 Å². The van der Waals surface area contributed by atoms with E-state index in [4.69, 9.17) is 20.4 Å². The third-order valence-electron chi connectivity index (χ3n) is 2.50. The maximum Gasteiger partial charge on any atom is 0.335 e. The van der Waals surface area contributed by atoms with Gasteiger partial charge in [0.25, 0.3) is 0 Å². The van der Waals surface area contributed by atoms with Crippen LogP contribution in [-0.2, 0) is 23.9 Å². The van der Waals surface area contributed by atoms with Gasteiger partial charge >= 0.3 is 23.9 Å². The molecular formula is C11H18O9. The molecule has 0 aliphatic carbocycles. The molecule has 0 aromatic carbocycles. The van der Waals surface area contributed by atoms with Crippen molar-refractivity contribution < 1.29 is 44.3 Å². The van der Waals surface area contributed by atoms with E-state index in [1.54, 1.807) is 13.8 Å². The van der Waals surface area contributed by atoms with E-state index in [0.717, 1.165) is 0 Å². The van der Waals surface area contributed by atoms with Crippen LogP contribution in [0, 0.1) is 11.8 Å². The molecule has 0 aromatic rings. The minimum Gasteiger partial charge on any atom is -0.479 e. The number of ether oxygens (including phenoxy) is 1. The summed E-state index contributed by atoms with van der Waals surface area (Å²) in [6.07, 6.45) is -4.53. The Labute approximate surface area is 114 Å². The first-order chi connectivity index (χ1) is 8.59. The van der Waals surface area contributed by atoms with Crippen LogP contribution in [0.15, 0.2) is 0 Å². The van der Waals surface area contributed by atoms with Crippen molar-refractivity contribution in [3.05, 3.63) is 0 Å². The van der Waals surface area contributed by atoms with E-state index in [0.29, 0.717) is 0 Å². The van der Waals surface area contributed by atoms with E-state index in [-0.39, 0.29) is 19.3 Å². The van der Waals surface area contributed by atoms with Gasteiger partial charge in [-0.2, -0.15) is 0 Å². The average molecular weight is 294 g/mol. The lowest BCUT2D eigenvalue weighted by atomic mass is 10.00. The molecule has 1 rings (SSSR count). The second kappa shape index (κ2) is 8.23. The first-order valence-electron chi connectivity index (χ1n) is 5.16. The Morgan fingerprint density at radius 2 is 1.20 bits per heavy atom. The van der Waals surface area contributed by atoms with Gasteiger partial charge in [-0.3, -0.25) is 9.59 Å². The number of carboxylic acid groups (broad SMARTS) is 2. The van der Waals surface area contributed by atoms with Crippen LogP contribution >= 0.6 is 0 Å². The number of hydrogen-bond donors (Lipinski definition) is 4. The minimum atomic E-state index is -2.27. The first kappa shape index (κ1) is 20.3. The predicted octanol–water partition coefficient (Wildman–Crippen LogP) is -1.14. The summed E-state index contributed by atoms with van der Waals surface area (Å²) < 4.78 is 4.31. The number of carbonyl (C=O) groups excluding carboxylic acids is 2. The quantitative estimate of drug-likeness (QED) is 0.372. The first-order valence-corrected chi connectivity index (χ1v) is 5.16. The van der Waals surface area contributed by atoms with E-state index in [1.165, 1.54) is 0 Å². The maximum absolute atomic E-state index is 10.6. The highest BCUT2D eigenvalue weighted by Crippen LogP contribution is 2.21. The SMILES string of the molecule is C.C[C@@H]1C(=O)OC(=O)[C@H]1C.O=C(O)[C@H](O)[C@@H](O)C(=O)O. The highest BCUT2D eigenvalue weighted by molar-refractivity contribution is 5.95. The Morgan fingerprint density at radius 3 is 1.30 bits per heavy atom. The van der Waals surface area contributed by atoms with Gasteiger partial charge in [0, 0.05) is 0 Å². The fourth-order valence-corrected chi connectivity index (χ4v) is 0.963. The van der Waals surface area contributed by atoms with Crippen molar-refractivity contribution in [2.75, 3.05) is 0 Å². The Kier molecular flexibility index (Phi) is 8.36. The largest absolute Gasteiger partial charge is 0.479 e. The number of aliphatic hydroxyl groups excluding tert-OH is 2. The van der Waals surface area contributed by atoms with Gasteiger partial charge in [-0.25, -0.2) is 9.59 Å². The summed E-state index contributed by atoms with van der Waals surface area (Å²) in [5.74, 6) is -4.83. The molecule has 0 spiro atoms. The van der Waals surface area contributed by atoms with Gasteiger partial charge in [0.05, 0.1) is 11.8 Å². The zero-order valence-electron chi connectivity index (χ0n) is 10.1. The lowest BCUT2D eigenvalue weighted by molar-refractivity contribution is -0.165. The number of carbonyl (C=O) groups is 4. The normalized spacial score (nSPS) is 23.6. The van der Waals surface area contributed by atoms with Crippen LogP contribution in [0.5, 0.6) is 0 Å². The molecule has 0 aromatic heterocycles. The van der Waals surface area contributed by atoms with Gasteiger partial charge in [-0.15, -0.1) is 0 Å². The van der Waals surface area contributed by atoms with Crippen molar-refractivity contribution in [1.82, 2.24) is 0 Å². The highest BCUT2D eigenvalue weighted by atomic mass is 16.6. The Morgan fingerprint density at radius 1 is 0.950 bits per heavy atom. The maximum atomic E-state index is 10.6. The molecule has 1 aliphatic rings. The van der Waals surface area contributed by atoms with Crippen molar-refractivity contribution in [2.45, 2.75) is 33.5 Å². The fourth-order valence-electron chi connectivity index (χ4n) is 0.963. The molecule has 4 atom stereocenters. The van der Waals surface area contributed by atoms with Gasteiger partial charge in [-0.05, 0) is 0 Å². The number of aliphatic hydroxyl groups is 2. The number of rotatable bonds is 3. The van der Waals surface area contributed by atoms with Crippen LogP contribution in [-0.4, -0.2) is 56.5 Å². The third kappa shape index (κ3) is 5.33. The summed E-state index contributed by atoms with van der Waals surface area (Å²) >= 11 is 0. The molecule has 1 heterocycles. The monoisotopic (exact) mass is 294 g/mol. The van der Waals surface area contributed by atoms with Crippen molar-refractivity contribution in [2.24, 2.45) is 11.8 Å². The zero-order chi connectivity index (χ0) is 15.3. The van der Waals surface area contributed by atoms with Crippen LogP contribution < -0.4 is 0 Å². The second-order valence-corrected chi connectivity index (χ2v) is 3.88. The lowest BCUT2D eigenvalue weighted by Crippen LogP contribution is -2.39. The van der Waals surface area contributed by atoms with Crippen LogP contribution in [0.3, 0.4) is 0 Å². The van der Waals surface area contributed by atoms with Gasteiger partial charge in [0.15, 0.2) is 12.2 Å². The summed E-state index contributed by atoms with van der Waals surface area (Å²) in [7, 11) is 0. The van der Waals surface area contributed by atoms with Crippen LogP contribution in [0.4, 0.5) is 0 Å². The molecule has 116 valence electrons. The summed E-state index contributed by atoms with van der Waals surface area (Å²) in [6.45, 7) is 3.38. The molecule has 4 N–H and O–H groups in total. The lowest BCUT2D eigenvalue weighted by Gasteiger charge is -2.07. The number of cyclic esters (lactones) is 2. The number of aliphatic carboxylic acids is 2. The van der Waals surface area contributed by atoms with Crippen molar-refractivity contribution in [3.8, 4) is 0 Å². The van der Waals surface area contributed by atoms with E-state index in [9.17, 15) is 19.2 Å². The molecule has 9 nitrogen and oxygen atoms in total. The Hall–Kier alpha value is -2.00. The molecule has 1 aliphatic heterocycles. The van der Waals surface area contributed by atoms with E-state index < -0.39 is 36.1 Å². The van der Waals surface area contributed by atoms with Crippen LogP contribution in [0.1, 0.15) is 21.3 Å². The second-order valence-electron chi connectivity index (χ2n) is 3.88. The smallest absolute Gasteiger partial charge is 0.335 e.